The molecule has 134 valence electrons. The molecule has 2 fully saturated rings. The van der Waals surface area contributed by atoms with Crippen LogP contribution in [0.15, 0.2) is 23.6 Å². The average Bonchev–Trinajstić information content (AvgIpc) is 3.22. The van der Waals surface area contributed by atoms with Crippen LogP contribution in [-0.4, -0.2) is 47.8 Å². The summed E-state index contributed by atoms with van der Waals surface area (Å²) in [6, 6.07) is 6.25. The summed E-state index contributed by atoms with van der Waals surface area (Å²) in [5.74, 6) is 0.550. The molecular weight excluding hydrogens is 334 g/mol. The van der Waals surface area contributed by atoms with Gasteiger partial charge in [0.15, 0.2) is 0 Å². The topological polar surface area (TPSA) is 47.5 Å². The van der Waals surface area contributed by atoms with Crippen LogP contribution in [0.1, 0.15) is 22.1 Å². The molecule has 0 N–H and O–H groups in total. The number of hydrogen-bond donors (Lipinski definition) is 0. The van der Waals surface area contributed by atoms with Gasteiger partial charge in [-0.05, 0) is 26.0 Å². The van der Waals surface area contributed by atoms with Crippen molar-refractivity contribution in [1.82, 2.24) is 14.9 Å². The number of pyridine rings is 1. The second-order valence-electron chi connectivity index (χ2n) is 7.37. The summed E-state index contributed by atoms with van der Waals surface area (Å²) in [6.45, 7) is 10.0. The number of aryl methyl sites for hydroxylation is 2. The quantitative estimate of drug-likeness (QED) is 0.794. The van der Waals surface area contributed by atoms with Gasteiger partial charge in [-0.1, -0.05) is 6.07 Å². The van der Waals surface area contributed by atoms with Gasteiger partial charge in [-0.2, -0.15) is 0 Å². The van der Waals surface area contributed by atoms with E-state index in [1.165, 1.54) is 0 Å². The summed E-state index contributed by atoms with van der Waals surface area (Å²) < 4.78 is 11.9. The van der Waals surface area contributed by atoms with Gasteiger partial charge in [-0.15, -0.1) is 11.3 Å². The highest BCUT2D eigenvalue weighted by atomic mass is 32.1. The largest absolute Gasteiger partial charge is 0.380 e. The van der Waals surface area contributed by atoms with Crippen LogP contribution in [0.3, 0.4) is 0 Å². The maximum absolute atomic E-state index is 6.06. The Balaban J connectivity index is 1.36. The van der Waals surface area contributed by atoms with Crippen molar-refractivity contribution in [2.75, 3.05) is 32.9 Å². The maximum Gasteiger partial charge on any atom is 0.0898 e. The van der Waals surface area contributed by atoms with E-state index in [1.54, 1.807) is 11.3 Å². The number of ether oxygens (including phenoxy) is 2. The van der Waals surface area contributed by atoms with Gasteiger partial charge in [-0.3, -0.25) is 9.88 Å². The lowest BCUT2D eigenvalue weighted by atomic mass is 9.82. The minimum atomic E-state index is 0.120. The molecule has 2 atom stereocenters. The summed E-state index contributed by atoms with van der Waals surface area (Å²) in [5, 5.41) is 3.18. The predicted octanol–water partition coefficient (Wildman–Crippen LogP) is 2.82. The van der Waals surface area contributed by atoms with E-state index in [0.29, 0.717) is 12.5 Å². The number of thiazole rings is 1. The van der Waals surface area contributed by atoms with E-state index in [1.807, 2.05) is 19.9 Å². The van der Waals surface area contributed by atoms with Crippen molar-refractivity contribution in [3.05, 3.63) is 45.7 Å². The molecule has 0 spiro atoms. The molecule has 6 heteroatoms. The number of rotatable bonds is 6. The minimum Gasteiger partial charge on any atom is -0.380 e. The monoisotopic (exact) mass is 359 g/mol. The Morgan fingerprint density at radius 1 is 1.32 bits per heavy atom. The molecule has 0 bridgehead atoms. The lowest BCUT2D eigenvalue weighted by Crippen LogP contribution is -2.35. The molecular formula is C19H25N3O2S. The fraction of sp³-hybridized carbons (Fsp3) is 0.579. The Morgan fingerprint density at radius 3 is 3.04 bits per heavy atom. The zero-order valence-corrected chi connectivity index (χ0v) is 15.7. The SMILES string of the molecule is Cc1cccc(CN2C[C@H]3COC[C@@]3(COCc3csc(C)n3)C2)n1. The van der Waals surface area contributed by atoms with Crippen molar-refractivity contribution in [2.45, 2.75) is 27.0 Å². The summed E-state index contributed by atoms with van der Waals surface area (Å²) in [4.78, 5) is 11.6. The summed E-state index contributed by atoms with van der Waals surface area (Å²) in [6.07, 6.45) is 0. The lowest BCUT2D eigenvalue weighted by Gasteiger charge is -2.27. The molecule has 2 aromatic heterocycles. The standard InChI is InChI=1S/C19H25N3O2S/c1-14-4-3-5-17(20-14)7-22-6-16-8-23-12-19(16,11-22)13-24-9-18-10-25-15(2)21-18/h3-5,10,16H,6-9,11-13H2,1-2H3/t16-,19+/m0/s1. The first-order valence-corrected chi connectivity index (χ1v) is 9.72. The van der Waals surface area contributed by atoms with Crippen molar-refractivity contribution in [1.29, 1.82) is 0 Å². The highest BCUT2D eigenvalue weighted by Crippen LogP contribution is 2.42. The molecule has 0 aliphatic carbocycles. The second kappa shape index (κ2) is 7.11. The zero-order chi connectivity index (χ0) is 17.3. The van der Waals surface area contributed by atoms with E-state index in [4.69, 9.17) is 9.47 Å². The highest BCUT2D eigenvalue weighted by Gasteiger charge is 2.50. The molecule has 0 unspecified atom stereocenters. The highest BCUT2D eigenvalue weighted by molar-refractivity contribution is 7.09. The fourth-order valence-electron chi connectivity index (χ4n) is 4.02. The summed E-state index contributed by atoms with van der Waals surface area (Å²) in [7, 11) is 0. The van der Waals surface area contributed by atoms with E-state index in [2.05, 4.69) is 32.4 Å². The van der Waals surface area contributed by atoms with Gasteiger partial charge in [0.05, 0.1) is 42.8 Å². The number of likely N-dealkylation sites (tertiary alicyclic amines) is 1. The maximum atomic E-state index is 6.06. The van der Waals surface area contributed by atoms with Gasteiger partial charge in [0.1, 0.15) is 0 Å². The van der Waals surface area contributed by atoms with Crippen molar-refractivity contribution >= 4 is 11.3 Å². The second-order valence-corrected chi connectivity index (χ2v) is 8.43. The van der Waals surface area contributed by atoms with Crippen LogP contribution in [0.2, 0.25) is 0 Å². The fourth-order valence-corrected chi connectivity index (χ4v) is 4.61. The number of fused-ring (bicyclic) bond motifs is 1. The molecule has 2 aliphatic heterocycles. The van der Waals surface area contributed by atoms with Crippen molar-refractivity contribution in [3.8, 4) is 0 Å². The Hall–Kier alpha value is -1.34. The van der Waals surface area contributed by atoms with Crippen LogP contribution in [0.5, 0.6) is 0 Å². The smallest absolute Gasteiger partial charge is 0.0898 e. The van der Waals surface area contributed by atoms with Crippen LogP contribution in [0, 0.1) is 25.2 Å². The third kappa shape index (κ3) is 3.77. The molecule has 25 heavy (non-hydrogen) atoms. The van der Waals surface area contributed by atoms with Crippen LogP contribution >= 0.6 is 11.3 Å². The predicted molar refractivity (Wildman–Crippen MR) is 97.5 cm³/mol. The molecule has 0 aromatic carbocycles. The van der Waals surface area contributed by atoms with Crippen LogP contribution in [-0.2, 0) is 22.6 Å². The molecule has 0 amide bonds. The Bertz CT molecular complexity index is 735. The summed E-state index contributed by atoms with van der Waals surface area (Å²) >= 11 is 1.68. The van der Waals surface area contributed by atoms with Crippen molar-refractivity contribution in [3.63, 3.8) is 0 Å². The van der Waals surface area contributed by atoms with E-state index in [9.17, 15) is 0 Å². The minimum absolute atomic E-state index is 0.120. The summed E-state index contributed by atoms with van der Waals surface area (Å²) in [5.41, 5.74) is 3.38. The van der Waals surface area contributed by atoms with Gasteiger partial charge < -0.3 is 9.47 Å². The number of nitrogens with zero attached hydrogens (tertiary/aromatic N) is 3. The van der Waals surface area contributed by atoms with Crippen LogP contribution in [0.4, 0.5) is 0 Å². The van der Waals surface area contributed by atoms with Gasteiger partial charge >= 0.3 is 0 Å². The van der Waals surface area contributed by atoms with Gasteiger partial charge in [0.25, 0.3) is 0 Å². The van der Waals surface area contributed by atoms with E-state index in [0.717, 1.165) is 61.5 Å². The lowest BCUT2D eigenvalue weighted by molar-refractivity contribution is 0.0172. The molecule has 2 aliphatic rings. The third-order valence-corrected chi connectivity index (χ3v) is 6.05. The van der Waals surface area contributed by atoms with Crippen LogP contribution < -0.4 is 0 Å². The molecule has 4 heterocycles. The third-order valence-electron chi connectivity index (χ3n) is 5.23. The molecule has 4 rings (SSSR count). The Kier molecular flexibility index (Phi) is 4.86. The first kappa shape index (κ1) is 17.1. The van der Waals surface area contributed by atoms with Gasteiger partial charge in [0, 0.05) is 42.0 Å². The van der Waals surface area contributed by atoms with Crippen molar-refractivity contribution in [2.24, 2.45) is 11.3 Å². The average molecular weight is 359 g/mol. The molecule has 2 aromatic rings. The number of hydrogen-bond acceptors (Lipinski definition) is 6. The molecule has 2 saturated heterocycles. The van der Waals surface area contributed by atoms with Crippen molar-refractivity contribution < 1.29 is 9.47 Å². The zero-order valence-electron chi connectivity index (χ0n) is 14.9. The normalized spacial score (nSPS) is 26.2. The Morgan fingerprint density at radius 2 is 2.24 bits per heavy atom. The van der Waals surface area contributed by atoms with E-state index < -0.39 is 0 Å². The van der Waals surface area contributed by atoms with Gasteiger partial charge in [-0.25, -0.2) is 4.98 Å². The first-order chi connectivity index (χ1) is 12.1. The molecule has 0 radical (unpaired) electrons. The molecule has 0 saturated carbocycles. The number of aromatic nitrogens is 2. The Labute approximate surface area is 153 Å². The van der Waals surface area contributed by atoms with E-state index in [-0.39, 0.29) is 5.41 Å². The molecule has 5 nitrogen and oxygen atoms in total. The first-order valence-electron chi connectivity index (χ1n) is 8.84. The van der Waals surface area contributed by atoms with E-state index >= 15 is 0 Å². The van der Waals surface area contributed by atoms with Crippen LogP contribution in [0.25, 0.3) is 0 Å². The van der Waals surface area contributed by atoms with Gasteiger partial charge in [0.2, 0.25) is 0 Å².